The van der Waals surface area contributed by atoms with Gasteiger partial charge in [-0.15, -0.1) is 12.4 Å². The van der Waals surface area contributed by atoms with Crippen LogP contribution in [0.3, 0.4) is 0 Å². The standard InChI is InChI=1S/C16H26N4O3S.ClH/c1-12-4-3-7-20(10-12)24(22,23)14-8-15(19(2)11-14)16(21)18-13-5-6-17-9-13;/h8,11-13,17H,3-7,9-10H2,1-2H3,(H,18,21);1H. The Hall–Kier alpha value is -1.09. The third-order valence-corrected chi connectivity index (χ3v) is 6.70. The van der Waals surface area contributed by atoms with Gasteiger partial charge in [-0.3, -0.25) is 4.79 Å². The van der Waals surface area contributed by atoms with Crippen LogP contribution < -0.4 is 10.6 Å². The Kier molecular flexibility index (Phi) is 6.53. The summed E-state index contributed by atoms with van der Waals surface area (Å²) in [5.41, 5.74) is 0.380. The number of halogens is 1. The number of aromatic nitrogens is 1. The van der Waals surface area contributed by atoms with Crippen LogP contribution in [0.25, 0.3) is 0 Å². The highest BCUT2D eigenvalue weighted by Gasteiger charge is 2.31. The fourth-order valence-corrected chi connectivity index (χ4v) is 5.12. The van der Waals surface area contributed by atoms with E-state index < -0.39 is 10.0 Å². The van der Waals surface area contributed by atoms with E-state index in [1.807, 2.05) is 0 Å². The Morgan fingerprint density at radius 1 is 1.36 bits per heavy atom. The van der Waals surface area contributed by atoms with Crippen LogP contribution in [0.5, 0.6) is 0 Å². The molecule has 1 aromatic heterocycles. The molecule has 2 aliphatic heterocycles. The molecule has 0 bridgehead atoms. The topological polar surface area (TPSA) is 83.4 Å². The van der Waals surface area contributed by atoms with Gasteiger partial charge in [-0.2, -0.15) is 4.31 Å². The number of carbonyl (C=O) groups excluding carboxylic acids is 1. The van der Waals surface area contributed by atoms with Crippen molar-refractivity contribution in [2.24, 2.45) is 13.0 Å². The maximum absolute atomic E-state index is 12.8. The summed E-state index contributed by atoms with van der Waals surface area (Å²) in [6.45, 7) is 4.82. The van der Waals surface area contributed by atoms with Crippen molar-refractivity contribution in [2.75, 3.05) is 26.2 Å². The van der Waals surface area contributed by atoms with E-state index in [0.717, 1.165) is 32.4 Å². The molecule has 3 rings (SSSR count). The second-order valence-corrected chi connectivity index (χ2v) is 8.88. The fraction of sp³-hybridized carbons (Fsp3) is 0.688. The summed E-state index contributed by atoms with van der Waals surface area (Å²) in [5, 5.41) is 6.15. The predicted molar refractivity (Wildman–Crippen MR) is 98.6 cm³/mol. The monoisotopic (exact) mass is 390 g/mol. The van der Waals surface area contributed by atoms with Gasteiger partial charge in [0.25, 0.3) is 5.91 Å². The van der Waals surface area contributed by atoms with Gasteiger partial charge in [0, 0.05) is 38.9 Å². The molecule has 2 aliphatic rings. The normalized spacial score (nSPS) is 24.7. The summed E-state index contributed by atoms with van der Waals surface area (Å²) in [5.74, 6) is 0.148. The maximum atomic E-state index is 12.8. The highest BCUT2D eigenvalue weighted by molar-refractivity contribution is 7.89. The lowest BCUT2D eigenvalue weighted by Crippen LogP contribution is -2.39. The van der Waals surface area contributed by atoms with Crippen LogP contribution >= 0.6 is 12.4 Å². The van der Waals surface area contributed by atoms with Crippen LogP contribution in [0, 0.1) is 5.92 Å². The summed E-state index contributed by atoms with van der Waals surface area (Å²) >= 11 is 0. The summed E-state index contributed by atoms with van der Waals surface area (Å²) in [6.07, 6.45) is 4.38. The molecule has 0 aliphatic carbocycles. The number of sulfonamides is 1. The van der Waals surface area contributed by atoms with Gasteiger partial charge in [0.1, 0.15) is 10.6 Å². The average molecular weight is 391 g/mol. The second-order valence-electron chi connectivity index (χ2n) is 6.95. The van der Waals surface area contributed by atoms with Crippen molar-refractivity contribution < 1.29 is 13.2 Å². The third kappa shape index (κ3) is 4.36. The molecule has 142 valence electrons. The van der Waals surface area contributed by atoms with E-state index in [0.29, 0.717) is 24.7 Å². The first-order valence-electron chi connectivity index (χ1n) is 8.56. The molecule has 0 aromatic carbocycles. The summed E-state index contributed by atoms with van der Waals surface area (Å²) in [4.78, 5) is 12.6. The van der Waals surface area contributed by atoms with E-state index in [1.165, 1.54) is 12.3 Å². The van der Waals surface area contributed by atoms with Crippen LogP contribution in [0.1, 0.15) is 36.7 Å². The molecule has 2 atom stereocenters. The van der Waals surface area contributed by atoms with Crippen molar-refractivity contribution in [2.45, 2.75) is 37.1 Å². The number of nitrogens with zero attached hydrogens (tertiary/aromatic N) is 2. The zero-order valence-electron chi connectivity index (χ0n) is 14.7. The lowest BCUT2D eigenvalue weighted by molar-refractivity contribution is 0.0932. The van der Waals surface area contributed by atoms with E-state index in [9.17, 15) is 13.2 Å². The summed E-state index contributed by atoms with van der Waals surface area (Å²) in [6, 6.07) is 1.60. The Bertz CT molecular complexity index is 713. The minimum Gasteiger partial charge on any atom is -0.347 e. The van der Waals surface area contributed by atoms with Crippen molar-refractivity contribution in [1.82, 2.24) is 19.5 Å². The van der Waals surface area contributed by atoms with Crippen molar-refractivity contribution >= 4 is 28.3 Å². The van der Waals surface area contributed by atoms with Crippen molar-refractivity contribution in [1.29, 1.82) is 0 Å². The Morgan fingerprint density at radius 3 is 2.76 bits per heavy atom. The molecule has 9 heteroatoms. The quantitative estimate of drug-likeness (QED) is 0.802. The molecule has 1 aromatic rings. The lowest BCUT2D eigenvalue weighted by Gasteiger charge is -2.29. The molecule has 2 saturated heterocycles. The Morgan fingerprint density at radius 2 is 2.12 bits per heavy atom. The van der Waals surface area contributed by atoms with Gasteiger partial charge in [-0.1, -0.05) is 6.92 Å². The summed E-state index contributed by atoms with van der Waals surface area (Å²) < 4.78 is 28.8. The van der Waals surface area contributed by atoms with Crippen LogP contribution in [-0.2, 0) is 17.1 Å². The molecular weight excluding hydrogens is 364 g/mol. The van der Waals surface area contributed by atoms with Gasteiger partial charge >= 0.3 is 0 Å². The predicted octanol–water partition coefficient (Wildman–Crippen LogP) is 0.959. The molecule has 0 spiro atoms. The molecule has 7 nitrogen and oxygen atoms in total. The van der Waals surface area contributed by atoms with Gasteiger partial charge in [0.05, 0.1) is 0 Å². The number of amides is 1. The van der Waals surface area contributed by atoms with E-state index in [2.05, 4.69) is 17.6 Å². The van der Waals surface area contributed by atoms with Gasteiger partial charge in [-0.25, -0.2) is 8.42 Å². The van der Waals surface area contributed by atoms with Crippen molar-refractivity contribution in [3.63, 3.8) is 0 Å². The van der Waals surface area contributed by atoms with Crippen molar-refractivity contribution in [3.8, 4) is 0 Å². The number of hydrogen-bond acceptors (Lipinski definition) is 4. The highest BCUT2D eigenvalue weighted by atomic mass is 35.5. The van der Waals surface area contributed by atoms with Crippen LogP contribution in [0.4, 0.5) is 0 Å². The minimum absolute atomic E-state index is 0. The van der Waals surface area contributed by atoms with E-state index in [1.54, 1.807) is 15.9 Å². The zero-order chi connectivity index (χ0) is 17.3. The van der Waals surface area contributed by atoms with Gasteiger partial charge < -0.3 is 15.2 Å². The first kappa shape index (κ1) is 20.2. The van der Waals surface area contributed by atoms with Crippen LogP contribution in [0.2, 0.25) is 0 Å². The SMILES string of the molecule is CC1CCCN(S(=O)(=O)c2cc(C(=O)NC3CCNC3)n(C)c2)C1.Cl. The Balaban J connectivity index is 0.00000225. The number of piperidine rings is 1. The highest BCUT2D eigenvalue weighted by Crippen LogP contribution is 2.24. The average Bonchev–Trinajstić information content (AvgIpc) is 3.17. The number of carbonyl (C=O) groups is 1. The van der Waals surface area contributed by atoms with Crippen LogP contribution in [0.15, 0.2) is 17.2 Å². The molecule has 1 amide bonds. The first-order valence-corrected chi connectivity index (χ1v) is 10.00. The zero-order valence-corrected chi connectivity index (χ0v) is 16.3. The molecule has 0 radical (unpaired) electrons. The fourth-order valence-electron chi connectivity index (χ4n) is 3.45. The third-order valence-electron chi connectivity index (χ3n) is 4.87. The lowest BCUT2D eigenvalue weighted by atomic mass is 10.0. The van der Waals surface area contributed by atoms with Gasteiger partial charge in [0.15, 0.2) is 0 Å². The number of rotatable bonds is 4. The van der Waals surface area contributed by atoms with E-state index in [4.69, 9.17) is 0 Å². The summed E-state index contributed by atoms with van der Waals surface area (Å²) in [7, 11) is -1.83. The number of aryl methyl sites for hydroxylation is 1. The first-order chi connectivity index (χ1) is 11.4. The molecule has 2 unspecified atom stereocenters. The smallest absolute Gasteiger partial charge is 0.268 e. The Labute approximate surface area is 155 Å². The maximum Gasteiger partial charge on any atom is 0.268 e. The molecule has 25 heavy (non-hydrogen) atoms. The minimum atomic E-state index is -3.54. The van der Waals surface area contributed by atoms with Gasteiger partial charge in [0.2, 0.25) is 10.0 Å². The molecule has 0 saturated carbocycles. The van der Waals surface area contributed by atoms with Gasteiger partial charge in [-0.05, 0) is 37.8 Å². The van der Waals surface area contributed by atoms with Crippen molar-refractivity contribution in [3.05, 3.63) is 18.0 Å². The van der Waals surface area contributed by atoms with E-state index >= 15 is 0 Å². The molecule has 2 N–H and O–H groups in total. The second kappa shape index (κ2) is 8.07. The molecular formula is C16H27ClN4O3S. The van der Waals surface area contributed by atoms with Crippen LogP contribution in [-0.4, -0.2) is 55.4 Å². The van der Waals surface area contributed by atoms with E-state index in [-0.39, 0.29) is 29.3 Å². The number of hydrogen-bond donors (Lipinski definition) is 2. The largest absolute Gasteiger partial charge is 0.347 e. The molecule has 2 fully saturated rings. The number of nitrogens with one attached hydrogen (secondary N) is 2. The molecule has 3 heterocycles.